The average molecular weight is 489 g/mol. The van der Waals surface area contributed by atoms with Crippen LogP contribution in [0.4, 0.5) is 4.79 Å². The molecule has 3 rings (SSSR count). The van der Waals surface area contributed by atoms with Crippen LogP contribution >= 0.6 is 27.3 Å². The Labute approximate surface area is 189 Å². The number of hydrogen-bond acceptors (Lipinski definition) is 5. The normalized spacial score (nSPS) is 12.3. The quantitative estimate of drug-likeness (QED) is 0.437. The van der Waals surface area contributed by atoms with Crippen molar-refractivity contribution in [3.05, 3.63) is 69.6 Å². The molecule has 5 nitrogen and oxygen atoms in total. The molecular weight excluding hydrogens is 464 g/mol. The van der Waals surface area contributed by atoms with Crippen LogP contribution in [0.25, 0.3) is 11.1 Å². The zero-order valence-electron chi connectivity index (χ0n) is 17.2. The minimum absolute atomic E-state index is 0.258. The Morgan fingerprint density at radius 1 is 1.17 bits per heavy atom. The molecule has 0 aliphatic heterocycles. The number of halogens is 1. The van der Waals surface area contributed by atoms with Gasteiger partial charge in [-0.25, -0.2) is 4.79 Å². The molecule has 1 atom stereocenters. The van der Waals surface area contributed by atoms with E-state index >= 15 is 0 Å². The van der Waals surface area contributed by atoms with E-state index in [4.69, 9.17) is 9.47 Å². The molecule has 2 heterocycles. The molecule has 1 N–H and O–H groups in total. The van der Waals surface area contributed by atoms with Crippen molar-refractivity contribution in [1.29, 1.82) is 0 Å². The van der Waals surface area contributed by atoms with Gasteiger partial charge in [0.15, 0.2) is 0 Å². The summed E-state index contributed by atoms with van der Waals surface area (Å²) in [5, 5.41) is 7.13. The van der Waals surface area contributed by atoms with Crippen LogP contribution in [0.1, 0.15) is 26.3 Å². The van der Waals surface area contributed by atoms with Gasteiger partial charge in [0, 0.05) is 10.7 Å². The third kappa shape index (κ3) is 7.15. The van der Waals surface area contributed by atoms with Crippen molar-refractivity contribution >= 4 is 33.4 Å². The fourth-order valence-electron chi connectivity index (χ4n) is 2.84. The lowest BCUT2D eigenvalue weighted by atomic mass is 10.0. The van der Waals surface area contributed by atoms with Crippen molar-refractivity contribution in [2.24, 2.45) is 0 Å². The van der Waals surface area contributed by atoms with Crippen LogP contribution in [0.15, 0.2) is 64.0 Å². The Morgan fingerprint density at radius 3 is 2.57 bits per heavy atom. The lowest BCUT2D eigenvalue weighted by Crippen LogP contribution is -2.43. The Morgan fingerprint density at radius 2 is 1.93 bits per heavy atom. The molecule has 1 amide bonds. The minimum atomic E-state index is -0.564. The molecule has 158 valence electrons. The maximum absolute atomic E-state index is 12.3. The van der Waals surface area contributed by atoms with E-state index < -0.39 is 11.7 Å². The minimum Gasteiger partial charge on any atom is -0.490 e. The number of nitrogens with zero attached hydrogens (tertiary/aromatic N) is 1. The van der Waals surface area contributed by atoms with Crippen LogP contribution in [0.3, 0.4) is 0 Å². The molecule has 0 aliphatic rings. The van der Waals surface area contributed by atoms with E-state index in [1.807, 2.05) is 26.8 Å². The van der Waals surface area contributed by atoms with Crippen molar-refractivity contribution in [2.45, 2.75) is 38.8 Å². The number of benzene rings is 1. The van der Waals surface area contributed by atoms with Gasteiger partial charge in [-0.1, -0.05) is 24.3 Å². The molecule has 0 radical (unpaired) electrons. The number of ether oxygens (including phenoxy) is 2. The molecule has 0 saturated heterocycles. The summed E-state index contributed by atoms with van der Waals surface area (Å²) in [6, 6.07) is 12.0. The van der Waals surface area contributed by atoms with Gasteiger partial charge >= 0.3 is 6.09 Å². The highest BCUT2D eigenvalue weighted by Gasteiger charge is 2.20. The van der Waals surface area contributed by atoms with Gasteiger partial charge in [0.25, 0.3) is 0 Å². The SMILES string of the molecule is CC(C)(C)OC(=O)N[C@H](COc1cncc(Br)c1)Cc1ccc(-c2ccsc2)cc1. The van der Waals surface area contributed by atoms with Crippen molar-refractivity contribution in [2.75, 3.05) is 6.61 Å². The summed E-state index contributed by atoms with van der Waals surface area (Å²) in [5.74, 6) is 0.633. The number of carbonyl (C=O) groups excluding carboxylic acids is 1. The molecule has 0 spiro atoms. The van der Waals surface area contributed by atoms with Crippen LogP contribution < -0.4 is 10.1 Å². The van der Waals surface area contributed by atoms with Gasteiger partial charge in [0.1, 0.15) is 18.0 Å². The van der Waals surface area contributed by atoms with Gasteiger partial charge in [-0.2, -0.15) is 11.3 Å². The first kappa shape index (κ1) is 22.3. The van der Waals surface area contributed by atoms with Crippen LogP contribution in [0.2, 0.25) is 0 Å². The van der Waals surface area contributed by atoms with Crippen LogP contribution in [-0.2, 0) is 11.2 Å². The van der Waals surface area contributed by atoms with Crippen molar-refractivity contribution < 1.29 is 14.3 Å². The van der Waals surface area contributed by atoms with E-state index in [9.17, 15) is 4.79 Å². The number of alkyl carbamates (subject to hydrolysis) is 1. The Balaban J connectivity index is 1.68. The zero-order valence-corrected chi connectivity index (χ0v) is 19.6. The molecule has 0 fully saturated rings. The van der Waals surface area contributed by atoms with E-state index in [0.717, 1.165) is 10.0 Å². The lowest BCUT2D eigenvalue weighted by molar-refractivity contribution is 0.0487. The summed E-state index contributed by atoms with van der Waals surface area (Å²) in [6.45, 7) is 5.82. The van der Waals surface area contributed by atoms with Gasteiger partial charge in [-0.05, 0) is 82.7 Å². The van der Waals surface area contributed by atoms with Gasteiger partial charge in [0.2, 0.25) is 0 Å². The maximum Gasteiger partial charge on any atom is 0.408 e. The molecule has 3 aromatic rings. The fourth-order valence-corrected chi connectivity index (χ4v) is 3.85. The zero-order chi connectivity index (χ0) is 21.6. The highest BCUT2D eigenvalue weighted by Crippen LogP contribution is 2.23. The average Bonchev–Trinajstić information content (AvgIpc) is 3.20. The number of rotatable bonds is 7. The fraction of sp³-hybridized carbons (Fsp3) is 0.304. The number of carbonyl (C=O) groups is 1. The molecule has 2 aromatic heterocycles. The first-order valence-corrected chi connectivity index (χ1v) is 11.4. The number of hydrogen-bond donors (Lipinski definition) is 1. The molecule has 0 saturated carbocycles. The number of aromatic nitrogens is 1. The summed E-state index contributed by atoms with van der Waals surface area (Å²) in [5.41, 5.74) is 2.92. The third-order valence-electron chi connectivity index (χ3n) is 4.14. The molecule has 7 heteroatoms. The van der Waals surface area contributed by atoms with Crippen LogP contribution in [0.5, 0.6) is 5.75 Å². The summed E-state index contributed by atoms with van der Waals surface area (Å²) in [7, 11) is 0. The summed E-state index contributed by atoms with van der Waals surface area (Å²) >= 11 is 5.07. The van der Waals surface area contributed by atoms with E-state index in [-0.39, 0.29) is 6.04 Å². The first-order chi connectivity index (χ1) is 14.3. The molecule has 30 heavy (non-hydrogen) atoms. The monoisotopic (exact) mass is 488 g/mol. The Hall–Kier alpha value is -2.38. The highest BCUT2D eigenvalue weighted by atomic mass is 79.9. The van der Waals surface area contributed by atoms with Crippen molar-refractivity contribution in [1.82, 2.24) is 10.3 Å². The van der Waals surface area contributed by atoms with Gasteiger partial charge < -0.3 is 14.8 Å². The Bertz CT molecular complexity index is 953. The predicted molar refractivity (Wildman–Crippen MR) is 124 cm³/mol. The van der Waals surface area contributed by atoms with Crippen molar-refractivity contribution in [3.8, 4) is 16.9 Å². The molecule has 0 aliphatic carbocycles. The molecular formula is C23H25BrN2O3S. The topological polar surface area (TPSA) is 60.5 Å². The highest BCUT2D eigenvalue weighted by molar-refractivity contribution is 9.10. The lowest BCUT2D eigenvalue weighted by Gasteiger charge is -2.24. The molecule has 0 bridgehead atoms. The van der Waals surface area contributed by atoms with E-state index in [0.29, 0.717) is 18.8 Å². The van der Waals surface area contributed by atoms with Gasteiger partial charge in [-0.3, -0.25) is 4.98 Å². The van der Waals surface area contributed by atoms with Crippen LogP contribution in [0, 0.1) is 0 Å². The first-order valence-electron chi connectivity index (χ1n) is 9.63. The third-order valence-corrected chi connectivity index (χ3v) is 5.26. The van der Waals surface area contributed by atoms with Crippen molar-refractivity contribution in [3.63, 3.8) is 0 Å². The van der Waals surface area contributed by atoms with Gasteiger partial charge in [0.05, 0.1) is 12.2 Å². The van der Waals surface area contributed by atoms with Gasteiger partial charge in [-0.15, -0.1) is 0 Å². The number of nitrogens with one attached hydrogen (secondary N) is 1. The Kier molecular flexibility index (Phi) is 7.50. The predicted octanol–water partition coefficient (Wildman–Crippen LogP) is 6.09. The standard InChI is InChI=1S/C23H25BrN2O3S/c1-23(2,3)29-22(27)26-20(14-28-21-11-19(24)12-25-13-21)10-16-4-6-17(7-5-16)18-8-9-30-15-18/h4-9,11-13,15,20H,10,14H2,1-3H3,(H,26,27)/t20-/m0/s1. The smallest absolute Gasteiger partial charge is 0.408 e. The largest absolute Gasteiger partial charge is 0.490 e. The second-order valence-corrected chi connectivity index (χ2v) is 9.60. The van der Waals surface area contributed by atoms with E-state index in [1.165, 1.54) is 11.1 Å². The molecule has 1 aromatic carbocycles. The van der Waals surface area contributed by atoms with E-state index in [1.54, 1.807) is 23.7 Å². The summed E-state index contributed by atoms with van der Waals surface area (Å²) < 4.78 is 12.1. The summed E-state index contributed by atoms with van der Waals surface area (Å²) in [4.78, 5) is 16.4. The molecule has 0 unspecified atom stereocenters. The number of amides is 1. The second-order valence-electron chi connectivity index (χ2n) is 7.91. The van der Waals surface area contributed by atoms with E-state index in [2.05, 4.69) is 67.3 Å². The second kappa shape index (κ2) is 10.1. The number of thiophene rings is 1. The maximum atomic E-state index is 12.3. The summed E-state index contributed by atoms with van der Waals surface area (Å²) in [6.07, 6.45) is 3.49. The van der Waals surface area contributed by atoms with Crippen LogP contribution in [-0.4, -0.2) is 29.3 Å². The number of pyridine rings is 1.